The summed E-state index contributed by atoms with van der Waals surface area (Å²) in [6.07, 6.45) is 3.00. The van der Waals surface area contributed by atoms with Crippen LogP contribution in [0, 0.1) is 38.5 Å². The van der Waals surface area contributed by atoms with E-state index in [0.29, 0.717) is 17.8 Å². The zero-order chi connectivity index (χ0) is 65.5. The van der Waals surface area contributed by atoms with Crippen LogP contribution < -0.4 is 0 Å². The fourth-order valence-electron chi connectivity index (χ4n) is 15.3. The number of hydrogen-bond acceptors (Lipinski definition) is 6. The van der Waals surface area contributed by atoms with Crippen molar-refractivity contribution in [1.29, 1.82) is 0 Å². The summed E-state index contributed by atoms with van der Waals surface area (Å²) in [7, 11) is 0. The second kappa shape index (κ2) is 25.1. The second-order valence-electron chi connectivity index (χ2n) is 27.5. The van der Waals surface area contributed by atoms with E-state index in [1.807, 2.05) is 0 Å². The fraction of sp³-hybridized carbons (Fsp3) is 0.167. The second-order valence-corrected chi connectivity index (χ2v) is 31.2. The van der Waals surface area contributed by atoms with Crippen LogP contribution in [0.5, 0.6) is 0 Å². The summed E-state index contributed by atoms with van der Waals surface area (Å²) in [6.45, 7) is 20.3. The molecule has 0 saturated heterocycles. The normalized spacial score (nSPS) is 12.0. The molecule has 0 aliphatic carbocycles. The lowest BCUT2D eigenvalue weighted by Crippen LogP contribution is -1.97. The van der Waals surface area contributed by atoms with Gasteiger partial charge in [-0.25, -0.2) is 15.0 Å². The Balaban J connectivity index is 0.969. The van der Waals surface area contributed by atoms with E-state index in [1.165, 1.54) is 130 Å². The van der Waals surface area contributed by atoms with E-state index in [0.717, 1.165) is 84.2 Å². The van der Waals surface area contributed by atoms with Crippen LogP contribution in [-0.2, 0) is 19.3 Å². The van der Waals surface area contributed by atoms with E-state index in [-0.39, 0.29) is 0 Å². The Kier molecular flexibility index (Phi) is 16.0. The maximum absolute atomic E-state index is 5.18. The van der Waals surface area contributed by atoms with Crippen LogP contribution in [0.15, 0.2) is 237 Å². The highest BCUT2D eigenvalue weighted by Crippen LogP contribution is 2.51. The van der Waals surface area contributed by atoms with Crippen molar-refractivity contribution >= 4 is 97.0 Å². The van der Waals surface area contributed by atoms with Gasteiger partial charge in [0.1, 0.15) is 0 Å². The molecule has 0 saturated carbocycles. The first-order chi connectivity index (χ1) is 46.7. The molecule has 96 heavy (non-hydrogen) atoms. The molecule has 0 spiro atoms. The molecule has 0 aliphatic heterocycles. The van der Waals surface area contributed by atoms with Crippen LogP contribution in [0.2, 0.25) is 0 Å². The van der Waals surface area contributed by atoms with Gasteiger partial charge in [-0.3, -0.25) is 0 Å². The summed E-state index contributed by atoms with van der Waals surface area (Å²) < 4.78 is 3.63. The number of nitrogens with zero attached hydrogens (tertiary/aromatic N) is 3. The number of thiazole rings is 3. The number of aryl methyl sites for hydroxylation is 3. The molecule has 0 aliphatic rings. The molecule has 3 heterocycles. The van der Waals surface area contributed by atoms with Gasteiger partial charge in [-0.1, -0.05) is 242 Å². The maximum Gasteiger partial charge on any atom is 0.0908 e. The van der Waals surface area contributed by atoms with Gasteiger partial charge in [-0.05, 0) is 227 Å². The summed E-state index contributed by atoms with van der Waals surface area (Å²) in [6, 6.07) is 90.9. The van der Waals surface area contributed by atoms with Crippen molar-refractivity contribution in [3.8, 4) is 100 Å². The zero-order valence-corrected chi connectivity index (χ0v) is 58.4. The van der Waals surface area contributed by atoms with Gasteiger partial charge in [0.05, 0.1) is 45.7 Å². The van der Waals surface area contributed by atoms with Crippen molar-refractivity contribution in [1.82, 2.24) is 15.0 Å². The van der Waals surface area contributed by atoms with Crippen molar-refractivity contribution in [2.75, 3.05) is 0 Å². The summed E-state index contributed by atoms with van der Waals surface area (Å²) in [5.74, 6) is 1.55. The average Bonchev–Trinajstić information content (AvgIpc) is 1.06. The lowest BCUT2D eigenvalue weighted by molar-refractivity contribution is 0.647. The minimum absolute atomic E-state index is 0.516. The quantitative estimate of drug-likeness (QED) is 0.103. The molecule has 13 aromatic carbocycles. The van der Waals surface area contributed by atoms with Gasteiger partial charge in [0.25, 0.3) is 0 Å². The molecule has 0 unspecified atom stereocenters. The molecule has 0 amide bonds. The molecule has 3 nitrogen and oxygen atoms in total. The summed E-state index contributed by atoms with van der Waals surface area (Å²) >= 11 is 5.30. The lowest BCUT2D eigenvalue weighted by Gasteiger charge is -2.22. The molecule has 16 rings (SSSR count). The van der Waals surface area contributed by atoms with Crippen molar-refractivity contribution < 1.29 is 0 Å². The first-order valence-corrected chi connectivity index (χ1v) is 36.4. The van der Waals surface area contributed by atoms with Gasteiger partial charge in [-0.15, -0.1) is 34.0 Å². The topological polar surface area (TPSA) is 38.7 Å². The van der Waals surface area contributed by atoms with E-state index < -0.39 is 0 Å². The molecule has 16 aromatic rings. The van der Waals surface area contributed by atoms with Crippen molar-refractivity contribution in [2.45, 2.75) is 81.6 Å². The van der Waals surface area contributed by atoms with Gasteiger partial charge in [0, 0.05) is 16.2 Å². The van der Waals surface area contributed by atoms with Crippen molar-refractivity contribution in [2.24, 2.45) is 17.8 Å². The van der Waals surface area contributed by atoms with Crippen LogP contribution in [0.4, 0.5) is 0 Å². The number of rotatable bonds is 15. The molecule has 3 aromatic heterocycles. The van der Waals surface area contributed by atoms with Crippen molar-refractivity contribution in [3.05, 3.63) is 268 Å². The van der Waals surface area contributed by atoms with Gasteiger partial charge in [0.15, 0.2) is 0 Å². The predicted octanol–water partition coefficient (Wildman–Crippen LogP) is 26.5. The van der Waals surface area contributed by atoms with Gasteiger partial charge >= 0.3 is 0 Å². The SMILES string of the molecule is Cc1nc2c(ccc3c(-c4cccc(CC(C)C)c4)c(-c4ccccc4-c4cc(-c5ccccc5-c5ccc6c(ccc7sc(C)nc76)c5-c5cccc(CC(C)C)c5)cc(-c5ccccc5-c5ccc6c(ccc7sc(C)nc76)c5-c5cccc(CC(C)C)c5)c4)ccc32)s1. The van der Waals surface area contributed by atoms with Gasteiger partial charge in [0.2, 0.25) is 0 Å². The van der Waals surface area contributed by atoms with E-state index >= 15 is 0 Å². The number of aromatic nitrogens is 3. The Morgan fingerprint density at radius 1 is 0.250 bits per heavy atom. The standard InChI is InChI=1S/C90H75N3S3/c1-52(2)43-58-19-16-22-61(46-58)85-73(31-34-79-76(85)37-40-82-88(79)91-55(7)94-82)70-28-13-10-25-67(70)64-49-65(68-26-11-14-29-71(68)74-32-35-80-77(38-41-83-89(80)92-56(8)95-83)86(74)62-23-17-20-59(47-62)44-53(3)4)51-66(50-64)69-27-12-15-30-72(69)75-33-36-81-78(39-42-84-90(81)93-57(9)96-84)87(75)63-24-18-21-60(48-63)45-54(5)6/h10-42,46-54H,43-45H2,1-9H3. The van der Waals surface area contributed by atoms with Crippen LogP contribution in [-0.4, -0.2) is 15.0 Å². The van der Waals surface area contributed by atoms with Crippen LogP contribution in [0.25, 0.3) is 163 Å². The third-order valence-corrected chi connectivity index (χ3v) is 21.9. The predicted molar refractivity (Wildman–Crippen MR) is 417 cm³/mol. The van der Waals surface area contributed by atoms with Gasteiger partial charge < -0.3 is 0 Å². The molecule has 0 N–H and O–H groups in total. The Bertz CT molecular complexity index is 5160. The average molecular weight is 1290 g/mol. The monoisotopic (exact) mass is 1290 g/mol. The van der Waals surface area contributed by atoms with E-state index in [1.54, 1.807) is 34.0 Å². The molecular weight excluding hydrogens is 1220 g/mol. The molecule has 0 bridgehead atoms. The Labute approximate surface area is 575 Å². The molecule has 0 fully saturated rings. The molecule has 0 radical (unpaired) electrons. The summed E-state index contributed by atoms with van der Waals surface area (Å²) in [5, 5.41) is 10.4. The first kappa shape index (κ1) is 61.2. The number of hydrogen-bond donors (Lipinski definition) is 0. The highest BCUT2D eigenvalue weighted by molar-refractivity contribution is 7.19. The van der Waals surface area contributed by atoms with Crippen molar-refractivity contribution in [3.63, 3.8) is 0 Å². The summed E-state index contributed by atoms with van der Waals surface area (Å²) in [4.78, 5) is 15.5. The largest absolute Gasteiger partial charge is 0.241 e. The van der Waals surface area contributed by atoms with E-state index in [2.05, 4.69) is 299 Å². The third-order valence-electron chi connectivity index (χ3n) is 19.1. The minimum Gasteiger partial charge on any atom is -0.241 e. The lowest BCUT2D eigenvalue weighted by atomic mass is 9.82. The fourth-order valence-corrected chi connectivity index (χ4v) is 17.8. The number of benzene rings is 13. The van der Waals surface area contributed by atoms with E-state index in [9.17, 15) is 0 Å². The molecule has 6 heteroatoms. The highest BCUT2D eigenvalue weighted by Gasteiger charge is 2.25. The third kappa shape index (κ3) is 11.3. The van der Waals surface area contributed by atoms with Crippen LogP contribution >= 0.6 is 34.0 Å². The first-order valence-electron chi connectivity index (χ1n) is 34.0. The Morgan fingerprint density at radius 2 is 0.521 bits per heavy atom. The Morgan fingerprint density at radius 3 is 0.802 bits per heavy atom. The van der Waals surface area contributed by atoms with Crippen LogP contribution in [0.3, 0.4) is 0 Å². The minimum atomic E-state index is 0.516. The number of fused-ring (bicyclic) bond motifs is 9. The van der Waals surface area contributed by atoms with E-state index in [4.69, 9.17) is 15.0 Å². The Hall–Kier alpha value is -9.69. The molecular formula is C90H75N3S3. The molecule has 468 valence electrons. The smallest absolute Gasteiger partial charge is 0.0908 e. The summed E-state index contributed by atoms with van der Waals surface area (Å²) in [5.41, 5.74) is 28.5. The van der Waals surface area contributed by atoms with Gasteiger partial charge in [-0.2, -0.15) is 0 Å². The van der Waals surface area contributed by atoms with Crippen LogP contribution in [0.1, 0.15) is 73.3 Å². The molecule has 0 atom stereocenters. The maximum atomic E-state index is 5.18. The highest BCUT2D eigenvalue weighted by atomic mass is 32.1. The zero-order valence-electron chi connectivity index (χ0n) is 55.9.